The number of para-hydroxylation sites is 1. The molecule has 0 saturated heterocycles. The van der Waals surface area contributed by atoms with E-state index >= 15 is 0 Å². The Labute approximate surface area is 322 Å². The van der Waals surface area contributed by atoms with Gasteiger partial charge < -0.3 is 4.90 Å². The Morgan fingerprint density at radius 3 is 2.24 bits per heavy atom. The van der Waals surface area contributed by atoms with Crippen molar-refractivity contribution in [2.24, 2.45) is 33.7 Å². The molecule has 3 heteroatoms. The SMILES string of the molecule is C=C(C)/C(=N\C(=N/C(=C)c1ccccc1)c1cccc(N2c3ccccc3C3C4C=CC=CC4CC4c5ccccc5C(C)(C)C4C32)c1)C1CCCCC1. The van der Waals surface area contributed by atoms with Crippen LogP contribution in [0, 0.1) is 23.7 Å². The number of benzene rings is 4. The van der Waals surface area contributed by atoms with Crippen LogP contribution in [0.4, 0.5) is 11.4 Å². The normalized spacial score (nSPS) is 27.0. The molecule has 272 valence electrons. The van der Waals surface area contributed by atoms with Crippen LogP contribution < -0.4 is 4.90 Å². The summed E-state index contributed by atoms with van der Waals surface area (Å²) in [6.45, 7) is 16.0. The molecule has 0 spiro atoms. The first-order valence-electron chi connectivity index (χ1n) is 20.3. The molecule has 0 radical (unpaired) electrons. The highest BCUT2D eigenvalue weighted by Crippen LogP contribution is 2.65. The molecule has 4 aromatic carbocycles. The van der Waals surface area contributed by atoms with Crippen molar-refractivity contribution in [1.29, 1.82) is 0 Å². The van der Waals surface area contributed by atoms with E-state index < -0.39 is 0 Å². The first-order valence-corrected chi connectivity index (χ1v) is 20.3. The molecule has 0 N–H and O–H groups in total. The van der Waals surface area contributed by atoms with Crippen molar-refractivity contribution in [2.75, 3.05) is 4.90 Å². The third-order valence-corrected chi connectivity index (χ3v) is 13.5. The second kappa shape index (κ2) is 14.0. The van der Waals surface area contributed by atoms with Gasteiger partial charge in [0.2, 0.25) is 0 Å². The van der Waals surface area contributed by atoms with Gasteiger partial charge in [0.05, 0.1) is 5.70 Å². The first-order chi connectivity index (χ1) is 26.3. The Bertz CT molecular complexity index is 2210. The Balaban J connectivity index is 1.21. The van der Waals surface area contributed by atoms with Gasteiger partial charge in [-0.3, -0.25) is 0 Å². The summed E-state index contributed by atoms with van der Waals surface area (Å²) in [7, 11) is 0. The molecule has 1 aliphatic heterocycles. The number of fused-ring (bicyclic) bond motifs is 9. The molecule has 4 aliphatic carbocycles. The van der Waals surface area contributed by atoms with Crippen molar-refractivity contribution in [1.82, 2.24) is 0 Å². The number of hydrogen-bond donors (Lipinski definition) is 0. The molecular weight excluding hydrogens is 655 g/mol. The molecule has 2 fully saturated rings. The zero-order valence-corrected chi connectivity index (χ0v) is 32.2. The topological polar surface area (TPSA) is 28.0 Å². The zero-order chi connectivity index (χ0) is 37.0. The molecule has 4 aromatic rings. The van der Waals surface area contributed by atoms with E-state index in [4.69, 9.17) is 9.98 Å². The monoisotopic (exact) mass is 707 g/mol. The highest BCUT2D eigenvalue weighted by atomic mass is 15.2. The fourth-order valence-corrected chi connectivity index (χ4v) is 11.2. The summed E-state index contributed by atoms with van der Waals surface area (Å²) in [6, 6.07) is 38.3. The van der Waals surface area contributed by atoms with Crippen molar-refractivity contribution >= 4 is 28.6 Å². The lowest BCUT2D eigenvalue weighted by Gasteiger charge is -2.43. The second-order valence-corrected chi connectivity index (χ2v) is 17.0. The van der Waals surface area contributed by atoms with Crippen LogP contribution in [0.15, 0.2) is 156 Å². The number of amidine groups is 1. The third-order valence-electron chi connectivity index (χ3n) is 13.5. The minimum absolute atomic E-state index is 0.00370. The second-order valence-electron chi connectivity index (χ2n) is 17.0. The quantitative estimate of drug-likeness (QED) is 0.145. The molecular formula is C51H53N3. The fraction of sp³-hybridized carbons (Fsp3) is 0.333. The average molecular weight is 708 g/mol. The van der Waals surface area contributed by atoms with Crippen molar-refractivity contribution in [3.8, 4) is 0 Å². The highest BCUT2D eigenvalue weighted by molar-refractivity contribution is 6.14. The van der Waals surface area contributed by atoms with Gasteiger partial charge in [0.25, 0.3) is 0 Å². The highest BCUT2D eigenvalue weighted by Gasteiger charge is 2.59. The van der Waals surface area contributed by atoms with Crippen LogP contribution in [0.2, 0.25) is 0 Å². The molecule has 3 nitrogen and oxygen atoms in total. The molecule has 2 saturated carbocycles. The molecule has 6 unspecified atom stereocenters. The molecule has 6 atom stereocenters. The maximum atomic E-state index is 5.47. The Morgan fingerprint density at radius 1 is 0.741 bits per heavy atom. The van der Waals surface area contributed by atoms with Gasteiger partial charge in [-0.1, -0.05) is 156 Å². The smallest absolute Gasteiger partial charge is 0.160 e. The number of aliphatic imine (C=N–C) groups is 2. The zero-order valence-electron chi connectivity index (χ0n) is 32.2. The first kappa shape index (κ1) is 34.7. The van der Waals surface area contributed by atoms with E-state index in [-0.39, 0.29) is 11.5 Å². The van der Waals surface area contributed by atoms with Crippen LogP contribution >= 0.6 is 0 Å². The molecule has 1 heterocycles. The average Bonchev–Trinajstić information content (AvgIpc) is 3.58. The minimum atomic E-state index is 0.00370. The summed E-state index contributed by atoms with van der Waals surface area (Å²) >= 11 is 0. The number of allylic oxidation sites excluding steroid dienone is 5. The molecule has 5 aliphatic rings. The summed E-state index contributed by atoms with van der Waals surface area (Å²) in [5, 5.41) is 0. The van der Waals surface area contributed by atoms with E-state index in [0.717, 1.165) is 41.0 Å². The fourth-order valence-electron chi connectivity index (χ4n) is 11.2. The van der Waals surface area contributed by atoms with Crippen LogP contribution in [0.5, 0.6) is 0 Å². The lowest BCUT2D eigenvalue weighted by molar-refractivity contribution is 0.242. The van der Waals surface area contributed by atoms with Gasteiger partial charge in [0.15, 0.2) is 5.84 Å². The lowest BCUT2D eigenvalue weighted by Crippen LogP contribution is -2.45. The van der Waals surface area contributed by atoms with E-state index in [1.54, 1.807) is 5.56 Å². The number of hydrogen-bond acceptors (Lipinski definition) is 2. The Morgan fingerprint density at radius 2 is 1.44 bits per heavy atom. The van der Waals surface area contributed by atoms with Crippen molar-refractivity contribution in [3.63, 3.8) is 0 Å². The molecule has 54 heavy (non-hydrogen) atoms. The van der Waals surface area contributed by atoms with E-state index in [2.05, 4.69) is 148 Å². The van der Waals surface area contributed by atoms with E-state index in [9.17, 15) is 0 Å². The van der Waals surface area contributed by atoms with Crippen LogP contribution in [0.3, 0.4) is 0 Å². The van der Waals surface area contributed by atoms with Gasteiger partial charge in [-0.05, 0) is 101 Å². The van der Waals surface area contributed by atoms with Gasteiger partial charge in [-0.15, -0.1) is 0 Å². The van der Waals surface area contributed by atoms with Crippen LogP contribution in [0.25, 0.3) is 5.70 Å². The van der Waals surface area contributed by atoms with Crippen molar-refractivity contribution < 1.29 is 0 Å². The maximum absolute atomic E-state index is 5.47. The summed E-state index contributed by atoms with van der Waals surface area (Å²) in [4.78, 5) is 13.5. The predicted octanol–water partition coefficient (Wildman–Crippen LogP) is 12.8. The van der Waals surface area contributed by atoms with Crippen LogP contribution in [-0.4, -0.2) is 17.6 Å². The van der Waals surface area contributed by atoms with E-state index in [1.807, 2.05) is 18.2 Å². The summed E-state index contributed by atoms with van der Waals surface area (Å²) in [5.74, 6) is 3.31. The Hall–Kier alpha value is -5.02. The standard InChI is InChI=1S/C51H53N3/c1-33(2)48(36-21-10-7-11-22-36)53-50(52-34(3)35-19-8-6-9-20-35)38-24-18-25-39(31-38)54-45-30-17-15-28-42(45)46-40-26-13-12-23-37(40)32-43-41-27-14-16-29-44(41)51(4,5)47(43)49(46)54/h6,8-9,12-20,23-31,36-37,40,43,46-47,49H,1,3,7,10-11,21-22,32H2,2,4-5H3/b52-50-,53-48+. The Kier molecular flexibility index (Phi) is 9.00. The van der Waals surface area contributed by atoms with Gasteiger partial charge in [-0.25, -0.2) is 9.98 Å². The van der Waals surface area contributed by atoms with Crippen molar-refractivity contribution in [3.05, 3.63) is 174 Å². The van der Waals surface area contributed by atoms with Gasteiger partial charge >= 0.3 is 0 Å². The maximum Gasteiger partial charge on any atom is 0.160 e. The molecule has 9 rings (SSSR count). The predicted molar refractivity (Wildman–Crippen MR) is 228 cm³/mol. The lowest BCUT2D eigenvalue weighted by atomic mass is 9.67. The largest absolute Gasteiger partial charge is 0.337 e. The van der Waals surface area contributed by atoms with Crippen LogP contribution in [0.1, 0.15) is 98.9 Å². The number of rotatable bonds is 6. The summed E-state index contributed by atoms with van der Waals surface area (Å²) < 4.78 is 0. The van der Waals surface area contributed by atoms with Crippen LogP contribution in [-0.2, 0) is 5.41 Å². The van der Waals surface area contributed by atoms with Crippen molar-refractivity contribution in [2.45, 2.75) is 82.6 Å². The van der Waals surface area contributed by atoms with Gasteiger partial charge in [-0.2, -0.15) is 0 Å². The van der Waals surface area contributed by atoms with E-state index in [1.165, 1.54) is 48.2 Å². The molecule has 0 aromatic heterocycles. The summed E-state index contributed by atoms with van der Waals surface area (Å²) in [6.07, 6.45) is 16.9. The molecule has 0 bridgehead atoms. The van der Waals surface area contributed by atoms with Gasteiger partial charge in [0, 0.05) is 40.5 Å². The molecule has 0 amide bonds. The van der Waals surface area contributed by atoms with Gasteiger partial charge in [0.1, 0.15) is 0 Å². The number of anilines is 2. The van der Waals surface area contributed by atoms with E-state index in [0.29, 0.717) is 41.3 Å². The third kappa shape index (κ3) is 5.88. The number of nitrogens with zero attached hydrogens (tertiary/aromatic N) is 3. The minimum Gasteiger partial charge on any atom is -0.337 e. The summed E-state index contributed by atoms with van der Waals surface area (Å²) in [5.41, 5.74) is 11.9.